The molecule has 0 saturated heterocycles. The molecule has 0 radical (unpaired) electrons. The normalized spacial score (nSPS) is 11.7. The minimum atomic E-state index is -0.462. The van der Waals surface area contributed by atoms with E-state index in [1.165, 1.54) is 0 Å². The maximum Gasteiger partial charge on any atom is 0.407 e. The van der Waals surface area contributed by atoms with E-state index in [9.17, 15) is 4.79 Å². The lowest BCUT2D eigenvalue weighted by Gasteiger charge is -2.20. The summed E-state index contributed by atoms with van der Waals surface area (Å²) in [7, 11) is 1.97. The lowest BCUT2D eigenvalue weighted by atomic mass is 10.2. The summed E-state index contributed by atoms with van der Waals surface area (Å²) in [5.41, 5.74) is -0.462. The van der Waals surface area contributed by atoms with Crippen molar-refractivity contribution in [1.82, 2.24) is 20.4 Å². The van der Waals surface area contributed by atoms with Gasteiger partial charge in [0.1, 0.15) is 5.60 Å². The summed E-state index contributed by atoms with van der Waals surface area (Å²) in [6, 6.07) is 0. The van der Waals surface area contributed by atoms with Crippen LogP contribution >= 0.6 is 0 Å². The van der Waals surface area contributed by atoms with Gasteiger partial charge in [-0.3, -0.25) is 4.90 Å². The van der Waals surface area contributed by atoms with Gasteiger partial charge in [-0.2, -0.15) is 0 Å². The van der Waals surface area contributed by atoms with E-state index in [0.29, 0.717) is 24.9 Å². The highest BCUT2D eigenvalue weighted by Gasteiger charge is 2.15. The first-order valence-electron chi connectivity index (χ1n) is 6.70. The van der Waals surface area contributed by atoms with Crippen LogP contribution in [-0.2, 0) is 11.3 Å². The predicted octanol–water partition coefficient (Wildman–Crippen LogP) is 1.72. The first kappa shape index (κ1) is 16.4. The molecule has 114 valence electrons. The van der Waals surface area contributed by atoms with E-state index in [0.717, 1.165) is 13.0 Å². The standard InChI is InChI=1S/C13H24N4O3/c1-10-15-16-11(19-10)9-17(5)8-6-7-14-12(18)20-13(2,3)4/h6-9H2,1-5H3,(H,14,18). The average Bonchev–Trinajstić information content (AvgIpc) is 2.68. The van der Waals surface area contributed by atoms with Crippen LogP contribution < -0.4 is 5.32 Å². The Morgan fingerprint density at radius 1 is 1.40 bits per heavy atom. The molecule has 0 aromatic carbocycles. The zero-order chi connectivity index (χ0) is 15.2. The number of rotatable bonds is 6. The molecule has 1 rings (SSSR count). The van der Waals surface area contributed by atoms with E-state index in [1.807, 2.05) is 27.8 Å². The fourth-order valence-corrected chi connectivity index (χ4v) is 1.56. The summed E-state index contributed by atoms with van der Waals surface area (Å²) in [4.78, 5) is 13.5. The topological polar surface area (TPSA) is 80.5 Å². The van der Waals surface area contributed by atoms with Crippen molar-refractivity contribution >= 4 is 6.09 Å². The third kappa shape index (κ3) is 7.08. The van der Waals surface area contributed by atoms with Crippen LogP contribution in [0.1, 0.15) is 39.0 Å². The van der Waals surface area contributed by atoms with Gasteiger partial charge >= 0.3 is 6.09 Å². The Labute approximate surface area is 119 Å². The smallest absolute Gasteiger partial charge is 0.407 e. The highest BCUT2D eigenvalue weighted by Crippen LogP contribution is 2.06. The molecule has 0 aliphatic carbocycles. The Kier molecular flexibility index (Phi) is 5.94. The molecule has 20 heavy (non-hydrogen) atoms. The fraction of sp³-hybridized carbons (Fsp3) is 0.769. The first-order valence-corrected chi connectivity index (χ1v) is 6.70. The van der Waals surface area contributed by atoms with Gasteiger partial charge in [0.15, 0.2) is 0 Å². The minimum absolute atomic E-state index is 0.382. The fourth-order valence-electron chi connectivity index (χ4n) is 1.56. The predicted molar refractivity (Wildman–Crippen MR) is 74.2 cm³/mol. The van der Waals surface area contributed by atoms with Gasteiger partial charge in [-0.1, -0.05) is 0 Å². The number of nitrogens with zero attached hydrogens (tertiary/aromatic N) is 3. The molecule has 1 N–H and O–H groups in total. The van der Waals surface area contributed by atoms with Crippen molar-refractivity contribution in [3.8, 4) is 0 Å². The third-order valence-electron chi connectivity index (χ3n) is 2.36. The SMILES string of the molecule is Cc1nnc(CN(C)CCCNC(=O)OC(C)(C)C)o1. The number of aromatic nitrogens is 2. The second-order valence-electron chi connectivity index (χ2n) is 5.73. The quantitative estimate of drug-likeness (QED) is 0.801. The lowest BCUT2D eigenvalue weighted by molar-refractivity contribution is 0.0525. The summed E-state index contributed by atoms with van der Waals surface area (Å²) in [5.74, 6) is 1.17. The van der Waals surface area contributed by atoms with E-state index < -0.39 is 5.60 Å². The highest BCUT2D eigenvalue weighted by atomic mass is 16.6. The maximum absolute atomic E-state index is 11.4. The molecule has 0 spiro atoms. The van der Waals surface area contributed by atoms with Crippen LogP contribution in [-0.4, -0.2) is 46.9 Å². The maximum atomic E-state index is 11.4. The van der Waals surface area contributed by atoms with Gasteiger partial charge in [-0.05, 0) is 34.2 Å². The van der Waals surface area contributed by atoms with Crippen LogP contribution in [0.4, 0.5) is 4.79 Å². The van der Waals surface area contributed by atoms with E-state index >= 15 is 0 Å². The average molecular weight is 284 g/mol. The monoisotopic (exact) mass is 284 g/mol. The molecule has 0 bridgehead atoms. The summed E-state index contributed by atoms with van der Waals surface area (Å²) in [6.45, 7) is 9.28. The number of nitrogens with one attached hydrogen (secondary N) is 1. The summed E-state index contributed by atoms with van der Waals surface area (Å²) in [6.07, 6.45) is 0.441. The number of carbonyl (C=O) groups is 1. The number of carbonyl (C=O) groups excluding carboxylic acids is 1. The first-order chi connectivity index (χ1) is 9.26. The molecular weight excluding hydrogens is 260 g/mol. The molecule has 1 aromatic heterocycles. The van der Waals surface area contributed by atoms with Crippen LogP contribution in [0.5, 0.6) is 0 Å². The molecule has 0 fully saturated rings. The van der Waals surface area contributed by atoms with Crippen LogP contribution in [0.3, 0.4) is 0 Å². The van der Waals surface area contributed by atoms with Gasteiger partial charge in [0, 0.05) is 20.0 Å². The molecular formula is C13H24N4O3. The Hall–Kier alpha value is -1.63. The summed E-state index contributed by atoms with van der Waals surface area (Å²) < 4.78 is 10.4. The van der Waals surface area contributed by atoms with Crippen molar-refractivity contribution in [2.75, 3.05) is 20.1 Å². The molecule has 0 saturated carbocycles. The van der Waals surface area contributed by atoms with Gasteiger partial charge < -0.3 is 14.5 Å². The van der Waals surface area contributed by atoms with Crippen LogP contribution in [0, 0.1) is 6.92 Å². The molecule has 0 atom stereocenters. The Morgan fingerprint density at radius 3 is 2.65 bits per heavy atom. The van der Waals surface area contributed by atoms with Crippen LogP contribution in [0.15, 0.2) is 4.42 Å². The Balaban J connectivity index is 2.13. The van der Waals surface area contributed by atoms with E-state index in [-0.39, 0.29) is 6.09 Å². The Bertz CT molecular complexity index is 425. The third-order valence-corrected chi connectivity index (χ3v) is 2.36. The summed E-state index contributed by atoms with van der Waals surface area (Å²) in [5, 5.41) is 10.4. The molecule has 7 heteroatoms. The number of aryl methyl sites for hydroxylation is 1. The van der Waals surface area contributed by atoms with Crippen molar-refractivity contribution in [1.29, 1.82) is 0 Å². The van der Waals surface area contributed by atoms with Gasteiger partial charge in [0.05, 0.1) is 6.54 Å². The molecule has 0 aliphatic rings. The van der Waals surface area contributed by atoms with Gasteiger partial charge in [0.2, 0.25) is 11.8 Å². The van der Waals surface area contributed by atoms with Crippen LogP contribution in [0.25, 0.3) is 0 Å². The molecule has 1 aromatic rings. The molecule has 7 nitrogen and oxygen atoms in total. The van der Waals surface area contributed by atoms with Crippen molar-refractivity contribution in [3.63, 3.8) is 0 Å². The Morgan fingerprint density at radius 2 is 2.10 bits per heavy atom. The number of ether oxygens (including phenoxy) is 1. The zero-order valence-corrected chi connectivity index (χ0v) is 12.9. The molecule has 1 heterocycles. The molecule has 0 aliphatic heterocycles. The largest absolute Gasteiger partial charge is 0.444 e. The molecule has 1 amide bonds. The second-order valence-corrected chi connectivity index (χ2v) is 5.73. The van der Waals surface area contributed by atoms with E-state index in [2.05, 4.69) is 20.4 Å². The lowest BCUT2D eigenvalue weighted by Crippen LogP contribution is -2.34. The van der Waals surface area contributed by atoms with Crippen molar-refractivity contribution < 1.29 is 13.9 Å². The molecule has 0 unspecified atom stereocenters. The number of alkyl carbamates (subject to hydrolysis) is 1. The van der Waals surface area contributed by atoms with Gasteiger partial charge in [-0.15, -0.1) is 10.2 Å². The minimum Gasteiger partial charge on any atom is -0.444 e. The van der Waals surface area contributed by atoms with E-state index in [1.54, 1.807) is 6.92 Å². The highest BCUT2D eigenvalue weighted by molar-refractivity contribution is 5.67. The number of hydrogen-bond acceptors (Lipinski definition) is 6. The van der Waals surface area contributed by atoms with Crippen molar-refractivity contribution in [3.05, 3.63) is 11.8 Å². The van der Waals surface area contributed by atoms with E-state index in [4.69, 9.17) is 9.15 Å². The van der Waals surface area contributed by atoms with Crippen molar-refractivity contribution in [2.24, 2.45) is 0 Å². The zero-order valence-electron chi connectivity index (χ0n) is 12.9. The number of hydrogen-bond donors (Lipinski definition) is 1. The summed E-state index contributed by atoms with van der Waals surface area (Å²) >= 11 is 0. The second kappa shape index (κ2) is 7.23. The van der Waals surface area contributed by atoms with Gasteiger partial charge in [-0.25, -0.2) is 4.79 Å². The van der Waals surface area contributed by atoms with Crippen molar-refractivity contribution in [2.45, 2.75) is 46.3 Å². The van der Waals surface area contributed by atoms with Gasteiger partial charge in [0.25, 0.3) is 0 Å². The van der Waals surface area contributed by atoms with Crippen LogP contribution in [0.2, 0.25) is 0 Å². The number of amides is 1.